The van der Waals surface area contributed by atoms with Gasteiger partial charge in [0.25, 0.3) is 0 Å². The zero-order valence-corrected chi connectivity index (χ0v) is 13.4. The highest BCUT2D eigenvalue weighted by molar-refractivity contribution is 9.10. The quantitative estimate of drug-likeness (QED) is 0.842. The van der Waals surface area contributed by atoms with Crippen LogP contribution < -0.4 is 10.6 Å². The molecule has 0 aliphatic rings. The topological polar surface area (TPSA) is 49.8 Å². The molecule has 1 heterocycles. The fourth-order valence-corrected chi connectivity index (χ4v) is 2.52. The molecule has 0 unspecified atom stereocenters. The number of hydrogen-bond acceptors (Lipinski definition) is 4. The number of halogens is 1. The van der Waals surface area contributed by atoms with Crippen molar-refractivity contribution < 1.29 is 0 Å². The molecule has 0 atom stereocenters. The van der Waals surface area contributed by atoms with Gasteiger partial charge in [0.1, 0.15) is 22.4 Å². The van der Waals surface area contributed by atoms with Gasteiger partial charge in [0.15, 0.2) is 0 Å². The lowest BCUT2D eigenvalue weighted by Crippen LogP contribution is -2.07. The molecule has 20 heavy (non-hydrogen) atoms. The van der Waals surface area contributed by atoms with Gasteiger partial charge in [-0.2, -0.15) is 0 Å². The Labute approximate surface area is 128 Å². The lowest BCUT2D eigenvalue weighted by molar-refractivity contribution is 1.02. The van der Waals surface area contributed by atoms with Crippen LogP contribution in [0.5, 0.6) is 0 Å². The van der Waals surface area contributed by atoms with Gasteiger partial charge in [-0.25, -0.2) is 9.97 Å². The molecule has 4 nitrogen and oxygen atoms in total. The standard InChI is InChI=1S/C15H19BrN4/c1-3-11-7-5-6-8-12(11)9-18-15-13(16)14(17-4-2)19-10-20-15/h5-8,10H,3-4,9H2,1-2H3,(H2,17,18,19,20). The van der Waals surface area contributed by atoms with Crippen molar-refractivity contribution in [2.45, 2.75) is 26.8 Å². The van der Waals surface area contributed by atoms with Crippen molar-refractivity contribution in [2.24, 2.45) is 0 Å². The van der Waals surface area contributed by atoms with Gasteiger partial charge in [0.05, 0.1) is 0 Å². The van der Waals surface area contributed by atoms with Crippen LogP contribution in [0.2, 0.25) is 0 Å². The second-order valence-electron chi connectivity index (χ2n) is 4.39. The molecule has 0 saturated heterocycles. The first-order valence-electron chi connectivity index (χ1n) is 6.81. The van der Waals surface area contributed by atoms with Crippen molar-refractivity contribution in [1.82, 2.24) is 9.97 Å². The third kappa shape index (κ3) is 3.48. The Hall–Kier alpha value is -1.62. The van der Waals surface area contributed by atoms with Crippen LogP contribution in [-0.4, -0.2) is 16.5 Å². The van der Waals surface area contributed by atoms with Crippen LogP contribution in [0.15, 0.2) is 35.1 Å². The summed E-state index contributed by atoms with van der Waals surface area (Å²) in [6, 6.07) is 8.45. The van der Waals surface area contributed by atoms with Crippen molar-refractivity contribution in [2.75, 3.05) is 17.2 Å². The maximum absolute atomic E-state index is 4.28. The van der Waals surface area contributed by atoms with E-state index < -0.39 is 0 Å². The molecule has 0 radical (unpaired) electrons. The largest absolute Gasteiger partial charge is 0.369 e. The number of nitrogens with one attached hydrogen (secondary N) is 2. The smallest absolute Gasteiger partial charge is 0.146 e. The fraction of sp³-hybridized carbons (Fsp3) is 0.333. The molecule has 0 aliphatic heterocycles. The molecule has 0 saturated carbocycles. The predicted molar refractivity (Wildman–Crippen MR) is 87.0 cm³/mol. The first kappa shape index (κ1) is 14.8. The molecule has 0 amide bonds. The highest BCUT2D eigenvalue weighted by Crippen LogP contribution is 2.26. The summed E-state index contributed by atoms with van der Waals surface area (Å²) in [6.45, 7) is 5.79. The zero-order valence-electron chi connectivity index (χ0n) is 11.8. The van der Waals surface area contributed by atoms with E-state index >= 15 is 0 Å². The summed E-state index contributed by atoms with van der Waals surface area (Å²) < 4.78 is 0.871. The first-order chi connectivity index (χ1) is 9.76. The summed E-state index contributed by atoms with van der Waals surface area (Å²) in [5, 5.41) is 6.56. The van der Waals surface area contributed by atoms with Crippen molar-refractivity contribution in [1.29, 1.82) is 0 Å². The number of aryl methyl sites for hydroxylation is 1. The molecule has 0 fully saturated rings. The van der Waals surface area contributed by atoms with Crippen molar-refractivity contribution in [3.05, 3.63) is 46.2 Å². The maximum atomic E-state index is 4.28. The number of rotatable bonds is 6. The van der Waals surface area contributed by atoms with Crippen LogP contribution in [0.4, 0.5) is 11.6 Å². The Morgan fingerprint density at radius 2 is 1.65 bits per heavy atom. The molecule has 0 spiro atoms. The monoisotopic (exact) mass is 334 g/mol. The predicted octanol–water partition coefficient (Wildman–Crippen LogP) is 3.85. The zero-order chi connectivity index (χ0) is 14.4. The number of benzene rings is 1. The normalized spacial score (nSPS) is 10.3. The minimum Gasteiger partial charge on any atom is -0.369 e. The number of aromatic nitrogens is 2. The summed E-state index contributed by atoms with van der Waals surface area (Å²) in [5.41, 5.74) is 2.66. The maximum Gasteiger partial charge on any atom is 0.146 e. The Balaban J connectivity index is 2.13. The number of nitrogens with zero attached hydrogens (tertiary/aromatic N) is 2. The molecular weight excluding hydrogens is 316 g/mol. The van der Waals surface area contributed by atoms with E-state index in [0.29, 0.717) is 0 Å². The van der Waals surface area contributed by atoms with Crippen molar-refractivity contribution in [3.63, 3.8) is 0 Å². The first-order valence-corrected chi connectivity index (χ1v) is 7.60. The van der Waals surface area contributed by atoms with Crippen LogP contribution in [0.25, 0.3) is 0 Å². The summed E-state index contributed by atoms with van der Waals surface area (Å²) in [5.74, 6) is 1.62. The lowest BCUT2D eigenvalue weighted by Gasteiger charge is -2.12. The summed E-state index contributed by atoms with van der Waals surface area (Å²) in [4.78, 5) is 8.49. The average molecular weight is 335 g/mol. The van der Waals surface area contributed by atoms with Gasteiger partial charge in [-0.15, -0.1) is 0 Å². The molecular formula is C15H19BrN4. The van der Waals surface area contributed by atoms with E-state index in [9.17, 15) is 0 Å². The average Bonchev–Trinajstić information content (AvgIpc) is 2.48. The van der Waals surface area contributed by atoms with Crippen molar-refractivity contribution in [3.8, 4) is 0 Å². The van der Waals surface area contributed by atoms with Crippen LogP contribution in [-0.2, 0) is 13.0 Å². The summed E-state index contributed by atoms with van der Waals surface area (Å²) >= 11 is 3.54. The molecule has 1 aromatic heterocycles. The highest BCUT2D eigenvalue weighted by Gasteiger charge is 2.08. The third-order valence-corrected chi connectivity index (χ3v) is 3.83. The Bertz CT molecular complexity index is 572. The molecule has 2 N–H and O–H groups in total. The van der Waals surface area contributed by atoms with E-state index in [0.717, 1.165) is 35.6 Å². The van der Waals surface area contributed by atoms with Crippen LogP contribution in [0, 0.1) is 0 Å². The van der Waals surface area contributed by atoms with E-state index in [-0.39, 0.29) is 0 Å². The third-order valence-electron chi connectivity index (χ3n) is 3.08. The van der Waals surface area contributed by atoms with Gasteiger partial charge < -0.3 is 10.6 Å². The van der Waals surface area contributed by atoms with E-state index in [1.165, 1.54) is 11.1 Å². The van der Waals surface area contributed by atoms with Gasteiger partial charge >= 0.3 is 0 Å². The molecule has 2 aromatic rings. The SMILES string of the molecule is CCNc1ncnc(NCc2ccccc2CC)c1Br. The molecule has 0 bridgehead atoms. The Kier molecular flexibility index (Phi) is 5.35. The lowest BCUT2D eigenvalue weighted by atomic mass is 10.1. The Morgan fingerprint density at radius 3 is 2.30 bits per heavy atom. The summed E-state index contributed by atoms with van der Waals surface area (Å²) in [6.07, 6.45) is 2.60. The van der Waals surface area contributed by atoms with E-state index in [1.807, 2.05) is 6.92 Å². The summed E-state index contributed by atoms with van der Waals surface area (Å²) in [7, 11) is 0. The van der Waals surface area contributed by atoms with E-state index in [1.54, 1.807) is 6.33 Å². The molecule has 0 aliphatic carbocycles. The van der Waals surface area contributed by atoms with Gasteiger partial charge in [0, 0.05) is 13.1 Å². The second kappa shape index (κ2) is 7.24. The molecule has 2 rings (SSSR count). The van der Waals surface area contributed by atoms with Gasteiger partial charge in [0.2, 0.25) is 0 Å². The van der Waals surface area contributed by atoms with Crippen LogP contribution in [0.1, 0.15) is 25.0 Å². The van der Waals surface area contributed by atoms with Crippen LogP contribution >= 0.6 is 15.9 Å². The van der Waals surface area contributed by atoms with E-state index in [4.69, 9.17) is 0 Å². The minimum absolute atomic E-state index is 0.755. The number of anilines is 2. The molecule has 5 heteroatoms. The minimum atomic E-state index is 0.755. The van der Waals surface area contributed by atoms with Gasteiger partial charge in [-0.3, -0.25) is 0 Å². The second-order valence-corrected chi connectivity index (χ2v) is 5.18. The van der Waals surface area contributed by atoms with Gasteiger partial charge in [-0.05, 0) is 40.4 Å². The fourth-order valence-electron chi connectivity index (χ4n) is 2.04. The molecule has 1 aromatic carbocycles. The Morgan fingerprint density at radius 1 is 1.00 bits per heavy atom. The highest BCUT2D eigenvalue weighted by atomic mass is 79.9. The number of hydrogen-bond donors (Lipinski definition) is 2. The van der Waals surface area contributed by atoms with E-state index in [2.05, 4.69) is 67.7 Å². The molecule has 106 valence electrons. The van der Waals surface area contributed by atoms with Crippen molar-refractivity contribution >= 4 is 27.6 Å². The van der Waals surface area contributed by atoms with Crippen LogP contribution in [0.3, 0.4) is 0 Å². The van der Waals surface area contributed by atoms with Gasteiger partial charge in [-0.1, -0.05) is 31.2 Å².